The van der Waals surface area contributed by atoms with E-state index in [4.69, 9.17) is 11.6 Å². The summed E-state index contributed by atoms with van der Waals surface area (Å²) in [4.78, 5) is 4.67. The van der Waals surface area contributed by atoms with Gasteiger partial charge in [0, 0.05) is 51.0 Å². The lowest BCUT2D eigenvalue weighted by molar-refractivity contribution is -0.774. The summed E-state index contributed by atoms with van der Waals surface area (Å²) >= 11 is 0. The number of fused-ring (bicyclic) bond motifs is 5. The Bertz CT molecular complexity index is 3510. The molecular weight excluding hydrogens is 815 g/mol. The molecule has 340 valence electrons. The first-order valence-electron chi connectivity index (χ1n) is 27.9. The van der Waals surface area contributed by atoms with Crippen LogP contribution in [0, 0.1) is 13.7 Å². The molecule has 4 aliphatic rings. The second kappa shape index (κ2) is 14.4. The monoisotopic (exact) mass is 891 g/mol. The minimum atomic E-state index is -2.57. The van der Waals surface area contributed by atoms with Crippen LogP contribution < -0.4 is 19.1 Å². The van der Waals surface area contributed by atoms with Gasteiger partial charge >= 0.3 is 5.85 Å². The maximum Gasteiger partial charge on any atom is 0.432 e. The summed E-state index contributed by atoms with van der Waals surface area (Å²) in [5.41, 5.74) is 16.0. The molecule has 5 heterocycles. The summed E-state index contributed by atoms with van der Waals surface area (Å²) in [6.07, 6.45) is 1.50. The molecule has 0 fully saturated rings. The molecule has 4 nitrogen and oxygen atoms in total. The average molecular weight is 891 g/mol. The number of anilines is 3. The number of aryl methyl sites for hydroxylation is 2. The predicted molar refractivity (Wildman–Crippen MR) is 280 cm³/mol. The van der Waals surface area contributed by atoms with Crippen LogP contribution in [0.3, 0.4) is 0 Å². The van der Waals surface area contributed by atoms with Gasteiger partial charge in [-0.05, 0) is 128 Å². The maximum absolute atomic E-state index is 9.38. The standard InChI is InChI=1S/C63H68N3O/c1-36(2)43-28-44(37(3)4)30-45(29-43)41-23-24-53(39(6)27-41)65-54-18-16-17-48-49-32-46(60(7,8)9)33-50-55-31-42(40-21-19-38(5)20-22-40)25-26-64(55)63(56(49)50)66(57(48)54)59(65)51-34-47(61(10,11)12)35-52(58(51)67-63)62(13,14)15/h16-37,59H,1-15H3/q+1/i5D3,6D3,36D,37D. The van der Waals surface area contributed by atoms with Gasteiger partial charge in [-0.1, -0.05) is 162 Å². The first kappa shape index (κ1) is 35.1. The Labute approximate surface area is 411 Å². The van der Waals surface area contributed by atoms with Crippen LogP contribution in [0.2, 0.25) is 0 Å². The Morgan fingerprint density at radius 2 is 1.27 bits per heavy atom. The van der Waals surface area contributed by atoms with Crippen LogP contribution in [-0.4, -0.2) is 0 Å². The van der Waals surface area contributed by atoms with E-state index in [0.29, 0.717) is 11.3 Å². The Hall–Kier alpha value is -6.13. The minimum Gasteiger partial charge on any atom is -0.410 e. The molecule has 0 saturated carbocycles. The summed E-state index contributed by atoms with van der Waals surface area (Å²) in [7, 11) is 0. The highest BCUT2D eigenvalue weighted by atomic mass is 16.5. The van der Waals surface area contributed by atoms with Crippen LogP contribution in [0.25, 0.3) is 44.6 Å². The Morgan fingerprint density at radius 1 is 0.612 bits per heavy atom. The summed E-state index contributed by atoms with van der Waals surface area (Å²) in [6, 6.07) is 38.7. The van der Waals surface area contributed by atoms with Crippen molar-refractivity contribution in [2.75, 3.05) is 9.80 Å². The van der Waals surface area contributed by atoms with Gasteiger partial charge in [0.1, 0.15) is 17.5 Å². The van der Waals surface area contributed by atoms with E-state index in [1.54, 1.807) is 18.2 Å². The van der Waals surface area contributed by atoms with Gasteiger partial charge in [0.25, 0.3) is 0 Å². The number of rotatable bonds is 5. The molecule has 0 bridgehead atoms. The van der Waals surface area contributed by atoms with Crippen molar-refractivity contribution in [3.8, 4) is 50.4 Å². The lowest BCUT2D eigenvalue weighted by Crippen LogP contribution is -2.71. The lowest BCUT2D eigenvalue weighted by Gasteiger charge is -2.49. The Balaban J connectivity index is 1.24. The molecule has 0 amide bonds. The van der Waals surface area contributed by atoms with Crippen LogP contribution in [0.15, 0.2) is 121 Å². The van der Waals surface area contributed by atoms with E-state index in [9.17, 15) is 4.11 Å². The van der Waals surface area contributed by atoms with Crippen molar-refractivity contribution in [1.82, 2.24) is 0 Å². The van der Waals surface area contributed by atoms with Gasteiger partial charge in [-0.2, -0.15) is 0 Å². The molecule has 4 heteroatoms. The van der Waals surface area contributed by atoms with Crippen LogP contribution >= 0.6 is 0 Å². The van der Waals surface area contributed by atoms with Gasteiger partial charge < -0.3 is 9.64 Å². The number of pyridine rings is 1. The highest BCUT2D eigenvalue weighted by Crippen LogP contribution is 2.68. The van der Waals surface area contributed by atoms with E-state index < -0.39 is 37.5 Å². The predicted octanol–water partition coefficient (Wildman–Crippen LogP) is 16.4. The number of hydrogen-bond acceptors (Lipinski definition) is 3. The third kappa shape index (κ3) is 6.41. The second-order valence-corrected chi connectivity index (χ2v) is 22.9. The van der Waals surface area contributed by atoms with Crippen LogP contribution in [0.5, 0.6) is 5.75 Å². The highest BCUT2D eigenvalue weighted by molar-refractivity contribution is 6.02. The molecule has 6 aromatic carbocycles. The summed E-state index contributed by atoms with van der Waals surface area (Å²) < 4.78 is 80.7. The molecule has 2 unspecified atom stereocenters. The van der Waals surface area contributed by atoms with Gasteiger partial charge in [-0.3, -0.25) is 0 Å². The third-order valence-corrected chi connectivity index (χ3v) is 14.7. The van der Waals surface area contributed by atoms with E-state index in [1.807, 2.05) is 70.2 Å². The van der Waals surface area contributed by atoms with Gasteiger partial charge in [0.2, 0.25) is 5.69 Å². The van der Waals surface area contributed by atoms with Gasteiger partial charge in [-0.25, -0.2) is 4.90 Å². The molecule has 0 aliphatic carbocycles. The van der Waals surface area contributed by atoms with E-state index in [1.165, 1.54) is 0 Å². The fourth-order valence-corrected chi connectivity index (χ4v) is 11.0. The van der Waals surface area contributed by atoms with E-state index in [-0.39, 0.29) is 27.4 Å². The van der Waals surface area contributed by atoms with Gasteiger partial charge in [-0.15, -0.1) is 4.57 Å². The van der Waals surface area contributed by atoms with Crippen molar-refractivity contribution in [3.05, 3.63) is 172 Å². The first-order chi connectivity index (χ1) is 34.6. The van der Waals surface area contributed by atoms with E-state index >= 15 is 0 Å². The van der Waals surface area contributed by atoms with Crippen molar-refractivity contribution in [2.24, 2.45) is 0 Å². The summed E-state index contributed by atoms with van der Waals surface area (Å²) in [5, 5.41) is 0. The zero-order chi connectivity index (χ0) is 54.3. The zero-order valence-corrected chi connectivity index (χ0v) is 41.4. The van der Waals surface area contributed by atoms with Gasteiger partial charge in [0.15, 0.2) is 6.20 Å². The van der Waals surface area contributed by atoms with Crippen LogP contribution in [0.4, 0.5) is 17.1 Å². The molecule has 1 aromatic heterocycles. The summed E-state index contributed by atoms with van der Waals surface area (Å²) in [5.74, 6) is -2.47. The zero-order valence-electron chi connectivity index (χ0n) is 49.4. The lowest BCUT2D eigenvalue weighted by atomic mass is 9.77. The quantitative estimate of drug-likeness (QED) is 0.161. The highest BCUT2D eigenvalue weighted by Gasteiger charge is 2.70. The number of benzene rings is 6. The number of nitrogens with zero attached hydrogens (tertiary/aromatic N) is 3. The Morgan fingerprint density at radius 3 is 1.91 bits per heavy atom. The fourth-order valence-electron chi connectivity index (χ4n) is 11.0. The van der Waals surface area contributed by atoms with Gasteiger partial charge in [0.05, 0.1) is 16.9 Å². The van der Waals surface area contributed by atoms with Crippen LogP contribution in [0.1, 0.15) is 169 Å². The molecule has 0 saturated heterocycles. The van der Waals surface area contributed by atoms with Crippen LogP contribution in [-0.2, 0) is 22.1 Å². The summed E-state index contributed by atoms with van der Waals surface area (Å²) in [6.45, 7) is 22.6. The number of ether oxygens (including phenoxy) is 1. The number of hydrogen-bond donors (Lipinski definition) is 0. The number of para-hydroxylation sites is 1. The number of aromatic nitrogens is 1. The maximum atomic E-state index is 9.38. The van der Waals surface area contributed by atoms with E-state index in [2.05, 4.69) is 137 Å². The first-order valence-corrected chi connectivity index (χ1v) is 23.9. The molecule has 7 aromatic rings. The topological polar surface area (TPSA) is 19.6 Å². The van der Waals surface area contributed by atoms with Crippen molar-refractivity contribution < 1.29 is 20.3 Å². The molecule has 2 atom stereocenters. The molecule has 1 spiro atoms. The minimum absolute atomic E-state index is 0.187. The molecule has 4 aliphatic heterocycles. The van der Waals surface area contributed by atoms with Crippen molar-refractivity contribution in [2.45, 2.75) is 144 Å². The normalized spacial score (nSPS) is 20.2. The van der Waals surface area contributed by atoms with Crippen molar-refractivity contribution in [3.63, 3.8) is 0 Å². The molecule has 0 N–H and O–H groups in total. The smallest absolute Gasteiger partial charge is 0.410 e. The second-order valence-electron chi connectivity index (χ2n) is 22.9. The molecule has 0 radical (unpaired) electrons. The molecule has 11 rings (SSSR count). The SMILES string of the molecule is [2H]C([2H])([2H])c1ccc(-c2cc[n+]3c(c2)-c2cc(C(C)(C)C)cc4c2C32Oc3c(cc(C(C)(C)C)cc3C(C)(C)C)C3N(c5ccc(-c6cc(C([2H])(C)C)cc(C([2H])(C)C)c6)cc5C([2H])([2H])[2H])c5cccc-4c5N32)cc1. The third-order valence-electron chi connectivity index (χ3n) is 14.7. The van der Waals surface area contributed by atoms with E-state index in [0.717, 1.165) is 95.1 Å². The Kier molecular flexibility index (Phi) is 7.56. The molecular formula is C63H68N3O+. The molecule has 67 heavy (non-hydrogen) atoms. The van der Waals surface area contributed by atoms with Crippen molar-refractivity contribution >= 4 is 17.1 Å². The average Bonchev–Trinajstić information content (AvgIpc) is 3.82. The largest absolute Gasteiger partial charge is 0.432 e. The fraction of sp³-hybridized carbons (Fsp3) is 0.349. The van der Waals surface area contributed by atoms with Crippen molar-refractivity contribution in [1.29, 1.82) is 0 Å².